The highest BCUT2D eigenvalue weighted by atomic mass is 16.5. The number of fused-ring (bicyclic) bond motifs is 1. The number of benzene rings is 2. The fourth-order valence-corrected chi connectivity index (χ4v) is 1.97. The smallest absolute Gasteiger partial charge is 0.297 e. The molecular weight excluding hydrogens is 256 g/mol. The van der Waals surface area contributed by atoms with Gasteiger partial charge in [0.25, 0.3) is 11.4 Å². The van der Waals surface area contributed by atoms with Crippen LogP contribution in [0.15, 0.2) is 53.6 Å². The summed E-state index contributed by atoms with van der Waals surface area (Å²) in [6.45, 7) is 0. The van der Waals surface area contributed by atoms with Crippen LogP contribution in [-0.2, 0) is 0 Å². The van der Waals surface area contributed by atoms with E-state index in [1.807, 2.05) is 42.5 Å². The summed E-state index contributed by atoms with van der Waals surface area (Å²) >= 11 is 0. The highest BCUT2D eigenvalue weighted by molar-refractivity contribution is 5.83. The van der Waals surface area contributed by atoms with Gasteiger partial charge in [0.05, 0.1) is 13.4 Å². The van der Waals surface area contributed by atoms with Crippen molar-refractivity contribution in [3.63, 3.8) is 0 Å². The first-order chi connectivity index (χ1) is 9.78. The molecule has 0 aliphatic rings. The Labute approximate surface area is 114 Å². The Balaban J connectivity index is 2.01. The van der Waals surface area contributed by atoms with Crippen LogP contribution in [0.5, 0.6) is 17.4 Å². The minimum atomic E-state index is -0.377. The molecule has 0 spiro atoms. The number of methoxy groups -OCH3 is 1. The zero-order valence-electron chi connectivity index (χ0n) is 10.8. The normalized spacial score (nSPS) is 10.4. The zero-order chi connectivity index (χ0) is 13.9. The van der Waals surface area contributed by atoms with Crippen LogP contribution in [0, 0.1) is 0 Å². The second-order valence-electron chi connectivity index (χ2n) is 4.18. The van der Waals surface area contributed by atoms with Gasteiger partial charge in [-0.3, -0.25) is 4.79 Å². The molecule has 0 radical (unpaired) electrons. The van der Waals surface area contributed by atoms with Crippen LogP contribution >= 0.6 is 0 Å². The summed E-state index contributed by atoms with van der Waals surface area (Å²) in [6, 6.07) is 13.6. The summed E-state index contributed by atoms with van der Waals surface area (Å²) in [5.41, 5.74) is -0.377. The zero-order valence-corrected chi connectivity index (χ0v) is 10.8. The van der Waals surface area contributed by atoms with Crippen molar-refractivity contribution in [2.45, 2.75) is 0 Å². The average Bonchev–Trinajstić information content (AvgIpc) is 2.47. The number of aromatic amines is 1. The molecule has 0 atom stereocenters. The van der Waals surface area contributed by atoms with Gasteiger partial charge in [-0.25, -0.2) is 4.98 Å². The maximum absolute atomic E-state index is 11.6. The highest BCUT2D eigenvalue weighted by Crippen LogP contribution is 2.27. The molecule has 5 nitrogen and oxygen atoms in total. The van der Waals surface area contributed by atoms with E-state index in [1.54, 1.807) is 0 Å². The van der Waals surface area contributed by atoms with Crippen molar-refractivity contribution in [3.05, 3.63) is 59.1 Å². The second-order valence-corrected chi connectivity index (χ2v) is 4.18. The molecule has 0 amide bonds. The molecule has 5 heteroatoms. The summed E-state index contributed by atoms with van der Waals surface area (Å²) in [7, 11) is 1.40. The molecule has 2 aromatic carbocycles. The largest absolute Gasteiger partial charge is 0.487 e. The Kier molecular flexibility index (Phi) is 3.09. The van der Waals surface area contributed by atoms with Crippen LogP contribution < -0.4 is 15.0 Å². The number of hydrogen-bond donors (Lipinski definition) is 1. The summed E-state index contributed by atoms with van der Waals surface area (Å²) in [5, 5.41) is 2.17. The van der Waals surface area contributed by atoms with Crippen molar-refractivity contribution >= 4 is 10.8 Å². The molecule has 3 aromatic rings. The minimum Gasteiger partial charge on any atom is -0.487 e. The first-order valence-corrected chi connectivity index (χ1v) is 6.06. The first kappa shape index (κ1) is 12.2. The van der Waals surface area contributed by atoms with Crippen molar-refractivity contribution in [3.8, 4) is 17.4 Å². The minimum absolute atomic E-state index is 0.0562. The van der Waals surface area contributed by atoms with E-state index in [9.17, 15) is 4.79 Å². The molecule has 20 heavy (non-hydrogen) atoms. The third-order valence-corrected chi connectivity index (χ3v) is 2.92. The lowest BCUT2D eigenvalue weighted by atomic mass is 10.1. The molecule has 0 saturated heterocycles. The van der Waals surface area contributed by atoms with E-state index in [4.69, 9.17) is 9.47 Å². The van der Waals surface area contributed by atoms with Gasteiger partial charge in [0.2, 0.25) is 5.75 Å². The molecule has 0 bridgehead atoms. The van der Waals surface area contributed by atoms with Crippen LogP contribution in [0.25, 0.3) is 10.8 Å². The topological polar surface area (TPSA) is 64.2 Å². The summed E-state index contributed by atoms with van der Waals surface area (Å²) < 4.78 is 10.6. The number of rotatable bonds is 3. The van der Waals surface area contributed by atoms with E-state index in [-0.39, 0.29) is 17.2 Å². The molecular formula is C15H12N2O3. The number of ether oxygens (including phenoxy) is 2. The molecule has 0 aliphatic carbocycles. The lowest BCUT2D eigenvalue weighted by Gasteiger charge is -2.08. The molecule has 1 heterocycles. The quantitative estimate of drug-likeness (QED) is 0.793. The number of H-pyrrole nitrogens is 1. The molecule has 0 unspecified atom stereocenters. The fraction of sp³-hybridized carbons (Fsp3) is 0.0667. The van der Waals surface area contributed by atoms with Gasteiger partial charge in [-0.2, -0.15) is 0 Å². The monoisotopic (exact) mass is 268 g/mol. The molecule has 1 N–H and O–H groups in total. The number of aromatic nitrogens is 2. The number of hydrogen-bond acceptors (Lipinski definition) is 4. The Morgan fingerprint density at radius 1 is 1.10 bits per heavy atom. The third kappa shape index (κ3) is 2.21. The van der Waals surface area contributed by atoms with Crippen molar-refractivity contribution in [2.75, 3.05) is 7.11 Å². The van der Waals surface area contributed by atoms with Gasteiger partial charge in [-0.15, -0.1) is 0 Å². The Bertz CT molecular complexity index is 811. The highest BCUT2D eigenvalue weighted by Gasteiger charge is 2.11. The van der Waals surface area contributed by atoms with Gasteiger partial charge < -0.3 is 14.5 Å². The predicted molar refractivity (Wildman–Crippen MR) is 75.4 cm³/mol. The van der Waals surface area contributed by atoms with Crippen molar-refractivity contribution in [2.24, 2.45) is 0 Å². The Morgan fingerprint density at radius 2 is 1.90 bits per heavy atom. The predicted octanol–water partition coefficient (Wildman–Crippen LogP) is 2.72. The molecule has 0 aliphatic heterocycles. The van der Waals surface area contributed by atoms with Gasteiger partial charge in [0.1, 0.15) is 5.75 Å². The Morgan fingerprint density at radius 3 is 2.70 bits per heavy atom. The van der Waals surface area contributed by atoms with Crippen LogP contribution in [-0.4, -0.2) is 17.1 Å². The molecule has 100 valence electrons. The van der Waals surface area contributed by atoms with Gasteiger partial charge in [0, 0.05) is 0 Å². The van der Waals surface area contributed by atoms with E-state index in [0.29, 0.717) is 5.75 Å². The van der Waals surface area contributed by atoms with Gasteiger partial charge in [0.15, 0.2) is 0 Å². The third-order valence-electron chi connectivity index (χ3n) is 2.92. The standard InChI is InChI=1S/C15H12N2O3/c1-19-13-14(18)16-9-17-15(13)20-12-7-6-10-4-2-3-5-11(10)8-12/h2-9H,1H3,(H,16,17,18). The summed E-state index contributed by atoms with van der Waals surface area (Å²) in [6.07, 6.45) is 1.28. The van der Waals surface area contributed by atoms with Gasteiger partial charge in [-0.1, -0.05) is 30.3 Å². The summed E-state index contributed by atoms with van der Waals surface area (Å²) in [5.74, 6) is 0.798. The Hall–Kier alpha value is -2.82. The van der Waals surface area contributed by atoms with Crippen molar-refractivity contribution < 1.29 is 9.47 Å². The summed E-state index contributed by atoms with van der Waals surface area (Å²) in [4.78, 5) is 18.0. The van der Waals surface area contributed by atoms with E-state index in [1.165, 1.54) is 13.4 Å². The van der Waals surface area contributed by atoms with E-state index in [2.05, 4.69) is 9.97 Å². The van der Waals surface area contributed by atoms with Crippen molar-refractivity contribution in [1.29, 1.82) is 0 Å². The molecule has 0 fully saturated rings. The van der Waals surface area contributed by atoms with Crippen LogP contribution in [0.3, 0.4) is 0 Å². The number of nitrogens with zero attached hydrogens (tertiary/aromatic N) is 1. The van der Waals surface area contributed by atoms with E-state index >= 15 is 0 Å². The van der Waals surface area contributed by atoms with E-state index < -0.39 is 0 Å². The maximum Gasteiger partial charge on any atom is 0.297 e. The SMILES string of the molecule is COc1c(Oc2ccc3ccccc3c2)nc[nH]c1=O. The lowest BCUT2D eigenvalue weighted by molar-refractivity contribution is 0.363. The van der Waals surface area contributed by atoms with Crippen LogP contribution in [0.2, 0.25) is 0 Å². The maximum atomic E-state index is 11.6. The first-order valence-electron chi connectivity index (χ1n) is 6.06. The number of nitrogens with one attached hydrogen (secondary N) is 1. The molecule has 1 aromatic heterocycles. The van der Waals surface area contributed by atoms with Gasteiger partial charge in [-0.05, 0) is 22.9 Å². The van der Waals surface area contributed by atoms with Gasteiger partial charge >= 0.3 is 0 Å². The fourth-order valence-electron chi connectivity index (χ4n) is 1.97. The van der Waals surface area contributed by atoms with Crippen LogP contribution in [0.1, 0.15) is 0 Å². The van der Waals surface area contributed by atoms with E-state index in [0.717, 1.165) is 10.8 Å². The van der Waals surface area contributed by atoms with Crippen molar-refractivity contribution in [1.82, 2.24) is 9.97 Å². The molecule has 0 saturated carbocycles. The average molecular weight is 268 g/mol. The molecule has 3 rings (SSSR count). The lowest BCUT2D eigenvalue weighted by Crippen LogP contribution is -2.10. The second kappa shape index (κ2) is 5.05. The van der Waals surface area contributed by atoms with Crippen LogP contribution in [0.4, 0.5) is 0 Å².